The number of benzene rings is 4. The molecule has 342 valence electrons. The minimum Gasteiger partial charge on any atom is -0.436 e. The second kappa shape index (κ2) is 20.0. The lowest BCUT2D eigenvalue weighted by Crippen LogP contribution is -2.39. The highest BCUT2D eigenvalue weighted by Gasteiger charge is 2.41. The molecule has 4 amide bonds. The summed E-state index contributed by atoms with van der Waals surface area (Å²) in [5, 5.41) is 6.02. The van der Waals surface area contributed by atoms with Crippen molar-refractivity contribution >= 4 is 35.0 Å². The van der Waals surface area contributed by atoms with Gasteiger partial charge < -0.3 is 34.3 Å². The number of anilines is 2. The predicted molar refractivity (Wildman–Crippen MR) is 254 cm³/mol. The molecule has 3 heterocycles. The molecule has 65 heavy (non-hydrogen) atoms. The van der Waals surface area contributed by atoms with Crippen LogP contribution in [-0.4, -0.2) is 87.0 Å². The zero-order chi connectivity index (χ0) is 46.5. The summed E-state index contributed by atoms with van der Waals surface area (Å²) in [7, 11) is 0. The average molecular weight is 882 g/mol. The van der Waals surface area contributed by atoms with Crippen LogP contribution in [0.5, 0.6) is 0 Å². The molecule has 0 spiro atoms. The first-order valence-electron chi connectivity index (χ1n) is 22.9. The standard InChI is InChI=1S/C53H63N5O7/c1-9-34-15-11-13-17-44(34)50(61)57-32-42(64-52(3,4)5)27-40(57)29-47(59)55-38-23-19-36(20-24-38)46-31-54-49(63-46)37-21-25-39(26-22-37)56-48(60)30-41-28-43(65-53(6,7)8)33-58(41)51(62)45-18-14-12-16-35(45)10-2/h11-26,31,40-43H,9-10,27-30,32-33H2,1-8H3,(H,55,59)(H,56,60)/t40-,41-,42+,43+/m0/s1. The summed E-state index contributed by atoms with van der Waals surface area (Å²) in [6, 6.07) is 29.3. The van der Waals surface area contributed by atoms with Crippen molar-refractivity contribution in [2.45, 2.75) is 129 Å². The first-order chi connectivity index (χ1) is 31.0. The molecule has 1 aromatic heterocycles. The van der Waals surface area contributed by atoms with Crippen molar-refractivity contribution in [3.05, 3.63) is 126 Å². The number of nitrogens with one attached hydrogen (secondary N) is 2. The Morgan fingerprint density at radius 2 is 1.03 bits per heavy atom. The highest BCUT2D eigenvalue weighted by molar-refractivity contribution is 5.98. The monoisotopic (exact) mass is 881 g/mol. The van der Waals surface area contributed by atoms with E-state index in [9.17, 15) is 19.2 Å². The summed E-state index contributed by atoms with van der Waals surface area (Å²) in [5.41, 5.74) is 5.27. The van der Waals surface area contributed by atoms with Gasteiger partial charge in [0, 0.05) is 71.6 Å². The fraction of sp³-hybridized carbons (Fsp3) is 0.415. The molecule has 4 aromatic carbocycles. The number of rotatable bonds is 14. The van der Waals surface area contributed by atoms with E-state index in [1.165, 1.54) is 0 Å². The molecular formula is C53H63N5O7. The van der Waals surface area contributed by atoms with Gasteiger partial charge in [-0.2, -0.15) is 0 Å². The summed E-state index contributed by atoms with van der Waals surface area (Å²) in [6.45, 7) is 16.9. The third-order valence-corrected chi connectivity index (χ3v) is 11.8. The molecule has 12 heteroatoms. The van der Waals surface area contributed by atoms with Crippen LogP contribution < -0.4 is 10.6 Å². The van der Waals surface area contributed by atoms with E-state index in [1.54, 1.807) is 28.1 Å². The molecule has 0 radical (unpaired) electrons. The lowest BCUT2D eigenvalue weighted by molar-refractivity contribution is -0.117. The fourth-order valence-electron chi connectivity index (χ4n) is 8.99. The number of hydrogen-bond donors (Lipinski definition) is 2. The number of aryl methyl sites for hydroxylation is 2. The number of likely N-dealkylation sites (tertiary alicyclic amines) is 2. The molecule has 0 bridgehead atoms. The predicted octanol–water partition coefficient (Wildman–Crippen LogP) is 9.99. The highest BCUT2D eigenvalue weighted by atomic mass is 16.5. The molecule has 5 aromatic rings. The Labute approximate surface area is 383 Å². The van der Waals surface area contributed by atoms with Gasteiger partial charge in [0.2, 0.25) is 17.7 Å². The van der Waals surface area contributed by atoms with Gasteiger partial charge in [-0.1, -0.05) is 50.2 Å². The largest absolute Gasteiger partial charge is 0.436 e. The van der Waals surface area contributed by atoms with Crippen LogP contribution in [0.25, 0.3) is 22.8 Å². The number of carbonyl (C=O) groups is 4. The van der Waals surface area contributed by atoms with E-state index in [0.717, 1.165) is 35.1 Å². The lowest BCUT2D eigenvalue weighted by Gasteiger charge is -2.26. The maximum atomic E-state index is 13.9. The summed E-state index contributed by atoms with van der Waals surface area (Å²) in [5.74, 6) is 0.431. The molecular weight excluding hydrogens is 819 g/mol. The van der Waals surface area contributed by atoms with Crippen molar-refractivity contribution in [1.29, 1.82) is 0 Å². The number of amides is 4. The number of nitrogens with zero attached hydrogens (tertiary/aromatic N) is 3. The van der Waals surface area contributed by atoms with Gasteiger partial charge in [-0.15, -0.1) is 0 Å². The van der Waals surface area contributed by atoms with E-state index in [-0.39, 0.29) is 72.0 Å². The molecule has 0 saturated carbocycles. The molecule has 0 unspecified atom stereocenters. The molecule has 2 aliphatic rings. The summed E-state index contributed by atoms with van der Waals surface area (Å²) in [4.78, 5) is 62.8. The van der Waals surface area contributed by atoms with E-state index >= 15 is 0 Å². The van der Waals surface area contributed by atoms with Crippen LogP contribution in [0.2, 0.25) is 0 Å². The van der Waals surface area contributed by atoms with Crippen molar-refractivity contribution in [2.24, 2.45) is 0 Å². The molecule has 2 N–H and O–H groups in total. The summed E-state index contributed by atoms with van der Waals surface area (Å²) < 4.78 is 18.7. The van der Waals surface area contributed by atoms with E-state index in [1.807, 2.05) is 140 Å². The molecule has 7 rings (SSSR count). The third-order valence-electron chi connectivity index (χ3n) is 11.8. The molecule has 4 atom stereocenters. The smallest absolute Gasteiger partial charge is 0.254 e. The topological polar surface area (TPSA) is 143 Å². The molecule has 12 nitrogen and oxygen atoms in total. The Morgan fingerprint density at radius 3 is 1.45 bits per heavy atom. The Hall–Kier alpha value is -6.11. The highest BCUT2D eigenvalue weighted by Crippen LogP contribution is 2.32. The van der Waals surface area contributed by atoms with Gasteiger partial charge in [-0.25, -0.2) is 4.98 Å². The van der Waals surface area contributed by atoms with Crippen molar-refractivity contribution in [1.82, 2.24) is 14.8 Å². The number of oxazole rings is 1. The van der Waals surface area contributed by atoms with Crippen molar-refractivity contribution < 1.29 is 33.1 Å². The molecule has 2 aliphatic heterocycles. The minimum absolute atomic E-state index is 0.0779. The van der Waals surface area contributed by atoms with Crippen LogP contribution in [0.15, 0.2) is 108 Å². The maximum absolute atomic E-state index is 13.9. The van der Waals surface area contributed by atoms with Crippen LogP contribution in [0.1, 0.15) is 113 Å². The van der Waals surface area contributed by atoms with E-state index in [4.69, 9.17) is 13.9 Å². The maximum Gasteiger partial charge on any atom is 0.254 e. The Morgan fingerprint density at radius 1 is 0.615 bits per heavy atom. The number of ether oxygens (including phenoxy) is 2. The Kier molecular flexibility index (Phi) is 14.4. The molecule has 0 aliphatic carbocycles. The zero-order valence-electron chi connectivity index (χ0n) is 39.0. The zero-order valence-corrected chi connectivity index (χ0v) is 39.0. The van der Waals surface area contributed by atoms with Crippen molar-refractivity contribution in [3.8, 4) is 22.8 Å². The fourth-order valence-corrected chi connectivity index (χ4v) is 8.99. The molecule has 2 saturated heterocycles. The quantitative estimate of drug-likeness (QED) is 0.112. The van der Waals surface area contributed by atoms with E-state index in [2.05, 4.69) is 15.6 Å². The van der Waals surface area contributed by atoms with Crippen LogP contribution in [0, 0.1) is 0 Å². The van der Waals surface area contributed by atoms with E-state index < -0.39 is 0 Å². The first kappa shape index (κ1) is 46.9. The van der Waals surface area contributed by atoms with Gasteiger partial charge >= 0.3 is 0 Å². The average Bonchev–Trinajstić information content (AvgIpc) is 4.01. The summed E-state index contributed by atoms with van der Waals surface area (Å²) in [6.07, 6.45) is 4.19. The van der Waals surface area contributed by atoms with Crippen LogP contribution in [-0.2, 0) is 31.9 Å². The Bertz CT molecular complexity index is 2300. The SMILES string of the molecule is CCc1ccccc1C(=O)N1C[C@H](OC(C)(C)C)C[C@H]1CC(=O)Nc1ccc(-c2cnc(-c3ccc(NC(=O)C[C@@H]4C[C@@H](OC(C)(C)C)CN4C(=O)c4ccccc4CC)cc3)o2)cc1. The van der Waals surface area contributed by atoms with Gasteiger partial charge in [-0.05, 0) is 139 Å². The van der Waals surface area contributed by atoms with Gasteiger partial charge in [0.1, 0.15) is 0 Å². The second-order valence-corrected chi connectivity index (χ2v) is 19.1. The normalized spacial score (nSPS) is 18.8. The number of carbonyl (C=O) groups excluding carboxylic acids is 4. The number of hydrogen-bond acceptors (Lipinski definition) is 8. The van der Waals surface area contributed by atoms with E-state index in [0.29, 0.717) is 60.1 Å². The second-order valence-electron chi connectivity index (χ2n) is 19.1. The summed E-state index contributed by atoms with van der Waals surface area (Å²) >= 11 is 0. The van der Waals surface area contributed by atoms with Gasteiger partial charge in [0.25, 0.3) is 11.8 Å². The van der Waals surface area contributed by atoms with Gasteiger partial charge in [0.05, 0.1) is 29.6 Å². The van der Waals surface area contributed by atoms with Gasteiger partial charge in [0.15, 0.2) is 5.76 Å². The first-order valence-corrected chi connectivity index (χ1v) is 22.9. The van der Waals surface area contributed by atoms with Crippen molar-refractivity contribution in [3.63, 3.8) is 0 Å². The number of aromatic nitrogens is 1. The van der Waals surface area contributed by atoms with Crippen LogP contribution in [0.4, 0.5) is 11.4 Å². The minimum atomic E-state index is -0.383. The van der Waals surface area contributed by atoms with Crippen LogP contribution in [0.3, 0.4) is 0 Å². The van der Waals surface area contributed by atoms with Crippen molar-refractivity contribution in [2.75, 3.05) is 23.7 Å². The third kappa shape index (κ3) is 12.0. The van der Waals surface area contributed by atoms with Gasteiger partial charge in [-0.3, -0.25) is 19.2 Å². The Balaban J connectivity index is 0.948. The lowest BCUT2D eigenvalue weighted by atomic mass is 10.0. The molecule has 2 fully saturated rings. The van der Waals surface area contributed by atoms with Crippen LogP contribution >= 0.6 is 0 Å².